The normalized spacial score (nSPS) is 18.6. The van der Waals surface area contributed by atoms with Crippen molar-refractivity contribution in [1.29, 1.82) is 0 Å². The zero-order valence-electron chi connectivity index (χ0n) is 19.4. The van der Waals surface area contributed by atoms with Gasteiger partial charge in [-0.15, -0.1) is 11.3 Å². The van der Waals surface area contributed by atoms with Gasteiger partial charge in [0.2, 0.25) is 0 Å². The topological polar surface area (TPSA) is 57.7 Å². The van der Waals surface area contributed by atoms with Crippen molar-refractivity contribution >= 4 is 17.4 Å². The summed E-state index contributed by atoms with van der Waals surface area (Å²) in [4.78, 5) is 22.9. The first-order chi connectivity index (χ1) is 15.6. The van der Waals surface area contributed by atoms with Gasteiger partial charge in [-0.1, -0.05) is 13.3 Å². The molecule has 0 aliphatic carbocycles. The molecule has 1 fully saturated rings. The van der Waals surface area contributed by atoms with Gasteiger partial charge in [-0.3, -0.25) is 0 Å². The first-order valence-electron chi connectivity index (χ1n) is 12.1. The van der Waals surface area contributed by atoms with Crippen molar-refractivity contribution < 1.29 is 9.53 Å². The lowest BCUT2D eigenvalue weighted by Crippen LogP contribution is -2.42. The third kappa shape index (κ3) is 5.81. The van der Waals surface area contributed by atoms with Crippen LogP contribution in [0.2, 0.25) is 0 Å². The van der Waals surface area contributed by atoms with E-state index in [9.17, 15) is 4.79 Å². The monoisotopic (exact) mass is 456 g/mol. The van der Waals surface area contributed by atoms with Crippen LogP contribution in [0, 0.1) is 0 Å². The van der Waals surface area contributed by atoms with E-state index in [0.717, 1.165) is 80.0 Å². The fourth-order valence-corrected chi connectivity index (χ4v) is 5.58. The Hall–Kier alpha value is -2.12. The van der Waals surface area contributed by atoms with Crippen molar-refractivity contribution in [3.63, 3.8) is 0 Å². The molecule has 7 heteroatoms. The highest BCUT2D eigenvalue weighted by Gasteiger charge is 2.24. The smallest absolute Gasteiger partial charge is 0.317 e. The second-order valence-electron chi connectivity index (χ2n) is 8.90. The van der Waals surface area contributed by atoms with Crippen LogP contribution < -0.4 is 10.1 Å². The largest absolute Gasteiger partial charge is 0.494 e. The van der Waals surface area contributed by atoms with Crippen LogP contribution in [-0.2, 0) is 13.0 Å². The molecule has 0 saturated carbocycles. The molecule has 6 nitrogen and oxygen atoms in total. The summed E-state index contributed by atoms with van der Waals surface area (Å²) < 4.78 is 5.96. The van der Waals surface area contributed by atoms with Crippen molar-refractivity contribution in [3.8, 4) is 16.3 Å². The molecule has 32 heavy (non-hydrogen) atoms. The zero-order valence-corrected chi connectivity index (χ0v) is 20.3. The van der Waals surface area contributed by atoms with Crippen LogP contribution in [0.5, 0.6) is 5.75 Å². The lowest BCUT2D eigenvalue weighted by atomic mass is 10.2. The van der Waals surface area contributed by atoms with Gasteiger partial charge < -0.3 is 19.9 Å². The number of hydrogen-bond acceptors (Lipinski definition) is 5. The molecule has 1 aromatic heterocycles. The number of amides is 2. The number of ether oxygens (including phenoxy) is 1. The van der Waals surface area contributed by atoms with Crippen molar-refractivity contribution in [3.05, 3.63) is 34.8 Å². The molecule has 2 aliphatic heterocycles. The first kappa shape index (κ1) is 23.1. The van der Waals surface area contributed by atoms with E-state index in [4.69, 9.17) is 9.72 Å². The number of thiazole rings is 1. The Morgan fingerprint density at radius 2 is 2.09 bits per heavy atom. The van der Waals surface area contributed by atoms with Gasteiger partial charge in [0.25, 0.3) is 0 Å². The predicted octanol–water partition coefficient (Wildman–Crippen LogP) is 4.93. The first-order valence-corrected chi connectivity index (χ1v) is 12.9. The molecule has 174 valence electrons. The van der Waals surface area contributed by atoms with Gasteiger partial charge in [0.05, 0.1) is 18.8 Å². The van der Waals surface area contributed by atoms with E-state index in [1.807, 2.05) is 17.0 Å². The Balaban J connectivity index is 1.27. The highest BCUT2D eigenvalue weighted by Crippen LogP contribution is 2.32. The van der Waals surface area contributed by atoms with Gasteiger partial charge >= 0.3 is 6.03 Å². The maximum Gasteiger partial charge on any atom is 0.317 e. The quantitative estimate of drug-likeness (QED) is 0.544. The molecule has 1 N–H and O–H groups in total. The number of unbranched alkanes of at least 4 members (excludes halogenated alkanes) is 1. The molecule has 3 heterocycles. The van der Waals surface area contributed by atoms with Crippen LogP contribution in [-0.4, -0.2) is 59.6 Å². The fraction of sp³-hybridized carbons (Fsp3) is 0.600. The summed E-state index contributed by atoms with van der Waals surface area (Å²) in [5, 5.41) is 4.05. The van der Waals surface area contributed by atoms with Crippen LogP contribution >= 0.6 is 11.3 Å². The van der Waals surface area contributed by atoms with Crippen LogP contribution in [0.4, 0.5) is 4.79 Å². The van der Waals surface area contributed by atoms with Crippen molar-refractivity contribution in [2.45, 2.75) is 65.0 Å². The number of urea groups is 1. The molecule has 2 aromatic rings. The molecule has 0 radical (unpaired) electrons. The Labute approximate surface area is 196 Å². The van der Waals surface area contributed by atoms with Gasteiger partial charge in [-0.2, -0.15) is 0 Å². The lowest BCUT2D eigenvalue weighted by Gasteiger charge is -2.26. The molecule has 1 aromatic carbocycles. The lowest BCUT2D eigenvalue weighted by molar-refractivity contribution is 0.192. The van der Waals surface area contributed by atoms with Gasteiger partial charge in [0.1, 0.15) is 10.8 Å². The minimum absolute atomic E-state index is 0.0414. The molecule has 1 saturated heterocycles. The number of carbonyl (C=O) groups excluding carboxylic acids is 1. The molecule has 2 aliphatic rings. The Bertz CT molecular complexity index is 883. The van der Waals surface area contributed by atoms with E-state index in [0.29, 0.717) is 6.54 Å². The molecule has 4 rings (SSSR count). The second-order valence-corrected chi connectivity index (χ2v) is 9.98. The number of aromatic nitrogens is 1. The summed E-state index contributed by atoms with van der Waals surface area (Å²) in [6.45, 7) is 9.70. The number of benzene rings is 1. The van der Waals surface area contributed by atoms with Crippen LogP contribution in [0.15, 0.2) is 24.3 Å². The van der Waals surface area contributed by atoms with E-state index >= 15 is 0 Å². The van der Waals surface area contributed by atoms with E-state index < -0.39 is 0 Å². The third-order valence-corrected chi connectivity index (χ3v) is 7.61. The van der Waals surface area contributed by atoms with Crippen molar-refractivity contribution in [2.24, 2.45) is 0 Å². The minimum Gasteiger partial charge on any atom is -0.494 e. The molecule has 2 amide bonds. The van der Waals surface area contributed by atoms with Crippen molar-refractivity contribution in [2.75, 3.05) is 32.8 Å². The van der Waals surface area contributed by atoms with Gasteiger partial charge in [-0.25, -0.2) is 9.78 Å². The van der Waals surface area contributed by atoms with Gasteiger partial charge in [-0.05, 0) is 63.4 Å². The zero-order chi connectivity index (χ0) is 22.3. The van der Waals surface area contributed by atoms with Crippen LogP contribution in [0.25, 0.3) is 10.6 Å². The summed E-state index contributed by atoms with van der Waals surface area (Å²) in [6, 6.07) is 9.04. The molecular formula is C25H36N4O2S. The highest BCUT2D eigenvalue weighted by atomic mass is 32.1. The molecule has 1 atom stereocenters. The van der Waals surface area contributed by atoms with E-state index in [1.54, 1.807) is 11.3 Å². The number of nitrogens with one attached hydrogen (secondary N) is 1. The summed E-state index contributed by atoms with van der Waals surface area (Å²) >= 11 is 1.70. The van der Waals surface area contributed by atoms with E-state index in [2.05, 4.69) is 36.2 Å². The molecule has 0 spiro atoms. The number of rotatable bonds is 9. The summed E-state index contributed by atoms with van der Waals surface area (Å²) in [6.07, 6.45) is 6.65. The molecule has 1 unspecified atom stereocenters. The molecule has 0 bridgehead atoms. The summed E-state index contributed by atoms with van der Waals surface area (Å²) in [5.41, 5.74) is 2.25. The standard InChI is InChI=1S/C25H36N4O2S/c1-3-4-13-26-25(30)29-16-12-22-23(18-29)32-24(27-22)20-8-10-21(11-9-20)31-17-6-15-28-14-5-7-19(28)2/h8-11,19H,3-7,12-18H2,1-2H3,(H,26,30). The number of carbonyl (C=O) groups is 1. The number of likely N-dealkylation sites (tertiary alicyclic amines) is 1. The van der Waals surface area contributed by atoms with Crippen molar-refractivity contribution in [1.82, 2.24) is 20.1 Å². The highest BCUT2D eigenvalue weighted by molar-refractivity contribution is 7.15. The predicted molar refractivity (Wildman–Crippen MR) is 130 cm³/mol. The summed E-state index contributed by atoms with van der Waals surface area (Å²) in [5.74, 6) is 0.916. The average molecular weight is 457 g/mol. The SMILES string of the molecule is CCCCNC(=O)N1CCc2nc(-c3ccc(OCCCN4CCCC4C)cc3)sc2C1. The van der Waals surface area contributed by atoms with Gasteiger partial charge in [0.15, 0.2) is 0 Å². The maximum atomic E-state index is 12.4. The number of fused-ring (bicyclic) bond motifs is 1. The average Bonchev–Trinajstić information content (AvgIpc) is 3.42. The maximum absolute atomic E-state index is 12.4. The Morgan fingerprint density at radius 1 is 1.25 bits per heavy atom. The van der Waals surface area contributed by atoms with Crippen LogP contribution in [0.3, 0.4) is 0 Å². The van der Waals surface area contributed by atoms with E-state index in [1.165, 1.54) is 24.3 Å². The van der Waals surface area contributed by atoms with Crippen LogP contribution in [0.1, 0.15) is 56.5 Å². The minimum atomic E-state index is 0.0414. The fourth-order valence-electron chi connectivity index (χ4n) is 4.45. The Morgan fingerprint density at radius 3 is 2.84 bits per heavy atom. The van der Waals surface area contributed by atoms with Gasteiger partial charge in [0, 0.05) is 42.5 Å². The third-order valence-electron chi connectivity index (χ3n) is 6.48. The Kier molecular flexibility index (Phi) is 8.03. The number of nitrogens with zero attached hydrogens (tertiary/aromatic N) is 3. The van der Waals surface area contributed by atoms with E-state index in [-0.39, 0.29) is 6.03 Å². The number of hydrogen-bond donors (Lipinski definition) is 1. The second kappa shape index (κ2) is 11.1. The summed E-state index contributed by atoms with van der Waals surface area (Å²) in [7, 11) is 0. The molecular weight excluding hydrogens is 420 g/mol.